The topological polar surface area (TPSA) is 126 Å². The molecule has 0 amide bonds. The Kier molecular flexibility index (Phi) is 6.38. The lowest BCUT2D eigenvalue weighted by molar-refractivity contribution is -0.147. The Bertz CT molecular complexity index is 1610. The van der Waals surface area contributed by atoms with Gasteiger partial charge in [0.05, 0.1) is 22.5 Å². The second kappa shape index (κ2) is 9.09. The minimum atomic E-state index is -4.83. The first kappa shape index (κ1) is 26.0. The van der Waals surface area contributed by atoms with Gasteiger partial charge in [0.1, 0.15) is 22.7 Å². The minimum absolute atomic E-state index is 0.0737. The third-order valence-corrected chi connectivity index (χ3v) is 6.64. The Morgan fingerprint density at radius 2 is 1.70 bits per heavy atom. The van der Waals surface area contributed by atoms with Gasteiger partial charge >= 0.3 is 12.4 Å². The van der Waals surface area contributed by atoms with Crippen molar-refractivity contribution in [1.82, 2.24) is 29.2 Å². The number of pyridine rings is 2. The number of nitrogens with zero attached hydrogens (tertiary/aromatic N) is 6. The van der Waals surface area contributed by atoms with E-state index >= 15 is 0 Å². The molecule has 4 heterocycles. The molecule has 0 saturated heterocycles. The van der Waals surface area contributed by atoms with Gasteiger partial charge in [-0.1, -0.05) is 0 Å². The van der Waals surface area contributed by atoms with Crippen molar-refractivity contribution < 1.29 is 34.8 Å². The Labute approximate surface area is 204 Å². The highest BCUT2D eigenvalue weighted by atomic mass is 32.2. The Morgan fingerprint density at radius 3 is 2.24 bits per heavy atom. The van der Waals surface area contributed by atoms with Crippen molar-refractivity contribution in [2.45, 2.75) is 30.2 Å². The van der Waals surface area contributed by atoms with E-state index in [1.807, 2.05) is 6.07 Å². The zero-order valence-electron chi connectivity index (χ0n) is 18.4. The number of alkyl halides is 6. The molecule has 0 bridgehead atoms. The van der Waals surface area contributed by atoms with Crippen LogP contribution in [0, 0.1) is 11.3 Å². The largest absolute Gasteiger partial charge is 0.417 e. The van der Waals surface area contributed by atoms with Gasteiger partial charge in [0.25, 0.3) is 0 Å². The first-order valence-electron chi connectivity index (χ1n) is 10.1. The molecule has 0 aliphatic carbocycles. The van der Waals surface area contributed by atoms with Crippen molar-refractivity contribution in [2.75, 3.05) is 0 Å². The third kappa shape index (κ3) is 4.95. The number of rotatable bonds is 5. The number of hydrogen-bond donors (Lipinski definition) is 1. The molecular formula is C21H13F6N7O2S. The predicted octanol–water partition coefficient (Wildman–Crippen LogP) is 4.00. The van der Waals surface area contributed by atoms with E-state index in [9.17, 15) is 40.0 Å². The van der Waals surface area contributed by atoms with Crippen molar-refractivity contribution in [3.63, 3.8) is 0 Å². The molecule has 16 heteroatoms. The van der Waals surface area contributed by atoms with Crippen molar-refractivity contribution in [3.8, 4) is 23.4 Å². The van der Waals surface area contributed by atoms with E-state index in [4.69, 9.17) is 0 Å². The average molecular weight is 541 g/mol. The zero-order valence-corrected chi connectivity index (χ0v) is 19.2. The quantitative estimate of drug-likeness (QED) is 0.379. The number of sulfonamides is 1. The van der Waals surface area contributed by atoms with Crippen LogP contribution in [-0.4, -0.2) is 45.1 Å². The molecule has 1 N–H and O–H groups in total. The summed E-state index contributed by atoms with van der Waals surface area (Å²) in [5.41, 5.74) is -1.71. The molecule has 4 rings (SSSR count). The van der Waals surface area contributed by atoms with Crippen LogP contribution in [0.25, 0.3) is 28.4 Å². The summed E-state index contributed by atoms with van der Waals surface area (Å²) in [6.07, 6.45) is -5.59. The highest BCUT2D eigenvalue weighted by Gasteiger charge is 2.39. The summed E-state index contributed by atoms with van der Waals surface area (Å²) in [7, 11) is -4.63. The van der Waals surface area contributed by atoms with Gasteiger partial charge in [-0.2, -0.15) is 36.3 Å². The second-order valence-corrected chi connectivity index (χ2v) is 9.29. The van der Waals surface area contributed by atoms with Gasteiger partial charge in [-0.25, -0.2) is 23.4 Å². The van der Waals surface area contributed by atoms with E-state index in [0.29, 0.717) is 13.1 Å². The highest BCUT2D eigenvalue weighted by molar-refractivity contribution is 7.89. The standard InChI is InChI=1S/C21H13F6N7O2S/c1-11(20(22,23)24)33-37(35,36)13-3-4-16(31-10-13)17-15(8-28)14-7-12(21(25,26)27)9-32-18(14)34(17)19-29-5-2-6-30-19/h2-7,9-11,33H,1H3/t11-/m0/s1. The molecule has 0 aromatic carbocycles. The first-order chi connectivity index (χ1) is 17.2. The van der Waals surface area contributed by atoms with E-state index in [1.54, 1.807) is 0 Å². The van der Waals surface area contributed by atoms with E-state index in [0.717, 1.165) is 24.4 Å². The molecule has 0 aliphatic rings. The maximum atomic E-state index is 13.3. The molecule has 0 aliphatic heterocycles. The smallest absolute Gasteiger partial charge is 0.259 e. The highest BCUT2D eigenvalue weighted by Crippen LogP contribution is 2.37. The summed E-state index contributed by atoms with van der Waals surface area (Å²) in [6.45, 7) is 0.624. The van der Waals surface area contributed by atoms with Crippen LogP contribution >= 0.6 is 0 Å². The molecule has 4 aromatic heterocycles. The van der Waals surface area contributed by atoms with E-state index < -0.39 is 38.9 Å². The summed E-state index contributed by atoms with van der Waals surface area (Å²) < 4.78 is 106. The van der Waals surface area contributed by atoms with E-state index in [1.165, 1.54) is 27.7 Å². The maximum absolute atomic E-state index is 13.3. The summed E-state index contributed by atoms with van der Waals surface area (Å²) in [4.78, 5) is 15.3. The fourth-order valence-corrected chi connectivity index (χ4v) is 4.50. The van der Waals surface area contributed by atoms with Crippen molar-refractivity contribution in [2.24, 2.45) is 0 Å². The zero-order chi connectivity index (χ0) is 27.2. The molecule has 0 saturated carbocycles. The van der Waals surface area contributed by atoms with Crippen LogP contribution < -0.4 is 4.72 Å². The Morgan fingerprint density at radius 1 is 1.03 bits per heavy atom. The van der Waals surface area contributed by atoms with Crippen LogP contribution in [0.4, 0.5) is 26.3 Å². The third-order valence-electron chi connectivity index (χ3n) is 5.11. The number of hydrogen-bond acceptors (Lipinski definition) is 7. The molecule has 0 radical (unpaired) electrons. The normalized spacial score (nSPS) is 13.5. The predicted molar refractivity (Wildman–Crippen MR) is 115 cm³/mol. The van der Waals surface area contributed by atoms with Crippen molar-refractivity contribution >= 4 is 21.1 Å². The van der Waals surface area contributed by atoms with Crippen LogP contribution in [0.2, 0.25) is 0 Å². The lowest BCUT2D eigenvalue weighted by atomic mass is 10.1. The number of nitrogens with one attached hydrogen (secondary N) is 1. The SMILES string of the molecule is C[C@H](NS(=O)(=O)c1ccc(-c2c(C#N)c3cc(C(F)(F)F)cnc3n2-c2ncccn2)nc1)C(F)(F)F. The molecule has 0 spiro atoms. The summed E-state index contributed by atoms with van der Waals surface area (Å²) in [5.74, 6) is -0.0737. The molecule has 0 unspecified atom stereocenters. The van der Waals surface area contributed by atoms with Crippen LogP contribution in [-0.2, 0) is 16.2 Å². The number of fused-ring (bicyclic) bond motifs is 1. The molecular weight excluding hydrogens is 528 g/mol. The first-order valence-corrected chi connectivity index (χ1v) is 11.6. The van der Waals surface area contributed by atoms with Gasteiger partial charge < -0.3 is 0 Å². The van der Waals surface area contributed by atoms with Gasteiger partial charge in [0, 0.05) is 30.2 Å². The van der Waals surface area contributed by atoms with E-state index in [2.05, 4.69) is 19.9 Å². The van der Waals surface area contributed by atoms with E-state index in [-0.39, 0.29) is 33.9 Å². The lowest BCUT2D eigenvalue weighted by Gasteiger charge is -2.17. The Balaban J connectivity index is 1.91. The maximum Gasteiger partial charge on any atom is 0.417 e. The summed E-state index contributed by atoms with van der Waals surface area (Å²) in [5, 5.41) is 9.64. The van der Waals surface area contributed by atoms with Crippen LogP contribution in [0.3, 0.4) is 0 Å². The summed E-state index contributed by atoms with van der Waals surface area (Å²) in [6, 6.07) is 3.67. The Hall–Kier alpha value is -4.10. The lowest BCUT2D eigenvalue weighted by Crippen LogP contribution is -2.42. The number of halogens is 6. The molecule has 1 atom stereocenters. The van der Waals surface area contributed by atoms with Crippen LogP contribution in [0.15, 0.2) is 53.9 Å². The van der Waals surface area contributed by atoms with Crippen LogP contribution in [0.5, 0.6) is 0 Å². The molecule has 4 aromatic rings. The fourth-order valence-electron chi connectivity index (χ4n) is 3.32. The van der Waals surface area contributed by atoms with Gasteiger partial charge in [-0.05, 0) is 31.2 Å². The van der Waals surface area contributed by atoms with Gasteiger partial charge in [-0.15, -0.1) is 0 Å². The second-order valence-electron chi connectivity index (χ2n) is 7.58. The number of aromatic nitrogens is 5. The monoisotopic (exact) mass is 541 g/mol. The minimum Gasteiger partial charge on any atom is -0.259 e. The number of nitriles is 1. The molecule has 37 heavy (non-hydrogen) atoms. The van der Waals surface area contributed by atoms with Gasteiger partial charge in [0.2, 0.25) is 16.0 Å². The summed E-state index contributed by atoms with van der Waals surface area (Å²) >= 11 is 0. The molecule has 0 fully saturated rings. The van der Waals surface area contributed by atoms with Gasteiger partial charge in [0.15, 0.2) is 0 Å². The van der Waals surface area contributed by atoms with Crippen LogP contribution in [0.1, 0.15) is 18.1 Å². The van der Waals surface area contributed by atoms with Gasteiger partial charge in [-0.3, -0.25) is 9.55 Å². The molecule has 192 valence electrons. The van der Waals surface area contributed by atoms with Crippen molar-refractivity contribution in [3.05, 3.63) is 60.2 Å². The average Bonchev–Trinajstić information content (AvgIpc) is 3.17. The van der Waals surface area contributed by atoms with Crippen molar-refractivity contribution in [1.29, 1.82) is 5.26 Å². The fraction of sp³-hybridized carbons (Fsp3) is 0.190. The molecule has 9 nitrogen and oxygen atoms in total.